The molecule has 0 aliphatic carbocycles. The maximum absolute atomic E-state index is 12.8. The molecular weight excluding hydrogens is 251 g/mol. The summed E-state index contributed by atoms with van der Waals surface area (Å²) in [6.07, 6.45) is 2.47. The van der Waals surface area contributed by atoms with Crippen LogP contribution in [0.2, 0.25) is 0 Å². The smallest absolute Gasteiger partial charge is 0.262 e. The van der Waals surface area contributed by atoms with Crippen molar-refractivity contribution in [2.75, 3.05) is 0 Å². The fourth-order valence-electron chi connectivity index (χ4n) is 1.48. The number of H-pyrrole nitrogens is 1. The molecule has 0 atom stereocenters. The quantitative estimate of drug-likeness (QED) is 0.745. The Morgan fingerprint density at radius 1 is 1.32 bits per heavy atom. The molecule has 0 aliphatic rings. The van der Waals surface area contributed by atoms with Gasteiger partial charge in [-0.3, -0.25) is 5.10 Å². The van der Waals surface area contributed by atoms with Crippen molar-refractivity contribution >= 4 is 0 Å². The predicted octanol–water partition coefficient (Wildman–Crippen LogP) is 1.53. The molecule has 0 saturated heterocycles. The van der Waals surface area contributed by atoms with Gasteiger partial charge in [-0.25, -0.2) is 9.37 Å². The minimum atomic E-state index is -0.450. The fourth-order valence-corrected chi connectivity index (χ4v) is 1.48. The third kappa shape index (κ3) is 1.93. The Kier molecular flexibility index (Phi) is 2.50. The van der Waals surface area contributed by atoms with E-state index in [1.54, 1.807) is 0 Å². The molecule has 3 heterocycles. The van der Waals surface area contributed by atoms with Gasteiger partial charge in [0.2, 0.25) is 5.82 Å². The van der Waals surface area contributed by atoms with Crippen LogP contribution in [0.15, 0.2) is 29.0 Å². The Morgan fingerprint density at radius 2 is 2.21 bits per heavy atom. The highest BCUT2D eigenvalue weighted by Crippen LogP contribution is 2.22. The van der Waals surface area contributed by atoms with Crippen LogP contribution in [0.3, 0.4) is 0 Å². The van der Waals surface area contributed by atoms with Crippen molar-refractivity contribution in [1.82, 2.24) is 25.3 Å². The number of aromatic nitrogens is 5. The number of nitriles is 1. The van der Waals surface area contributed by atoms with Gasteiger partial charge in [0.1, 0.15) is 23.3 Å². The third-order valence-corrected chi connectivity index (χ3v) is 2.36. The van der Waals surface area contributed by atoms with Gasteiger partial charge in [0.15, 0.2) is 0 Å². The molecule has 0 unspecified atom stereocenters. The lowest BCUT2D eigenvalue weighted by Crippen LogP contribution is -1.86. The van der Waals surface area contributed by atoms with E-state index in [0.29, 0.717) is 11.3 Å². The van der Waals surface area contributed by atoms with E-state index < -0.39 is 5.82 Å². The van der Waals surface area contributed by atoms with Gasteiger partial charge in [0.05, 0.1) is 18.0 Å². The number of aromatic amines is 1. The van der Waals surface area contributed by atoms with Gasteiger partial charge < -0.3 is 4.52 Å². The van der Waals surface area contributed by atoms with Crippen molar-refractivity contribution in [3.8, 4) is 29.0 Å². The largest absolute Gasteiger partial charge is 0.333 e. The predicted molar refractivity (Wildman–Crippen MR) is 59.8 cm³/mol. The Balaban J connectivity index is 2.00. The first-order chi connectivity index (χ1) is 9.28. The van der Waals surface area contributed by atoms with Crippen LogP contribution in [0, 0.1) is 17.1 Å². The minimum absolute atomic E-state index is 0.145. The van der Waals surface area contributed by atoms with Gasteiger partial charge >= 0.3 is 0 Å². The lowest BCUT2D eigenvalue weighted by molar-refractivity contribution is 0.432. The second-order valence-corrected chi connectivity index (χ2v) is 3.56. The highest BCUT2D eigenvalue weighted by molar-refractivity contribution is 5.61. The zero-order chi connectivity index (χ0) is 13.2. The molecule has 3 rings (SSSR count). The normalized spacial score (nSPS) is 10.3. The van der Waals surface area contributed by atoms with Crippen LogP contribution in [-0.4, -0.2) is 25.3 Å². The summed E-state index contributed by atoms with van der Waals surface area (Å²) in [5.74, 6) is -0.0967. The highest BCUT2D eigenvalue weighted by Gasteiger charge is 2.16. The summed E-state index contributed by atoms with van der Waals surface area (Å²) >= 11 is 0. The summed E-state index contributed by atoms with van der Waals surface area (Å²) in [4.78, 5) is 7.92. The Bertz CT molecular complexity index is 754. The topological polar surface area (TPSA) is 104 Å². The van der Waals surface area contributed by atoms with Gasteiger partial charge in [0.25, 0.3) is 5.89 Å². The van der Waals surface area contributed by atoms with Crippen LogP contribution in [0.25, 0.3) is 23.0 Å². The van der Waals surface area contributed by atoms with E-state index in [1.165, 1.54) is 18.3 Å². The molecule has 3 aromatic heterocycles. The molecule has 0 radical (unpaired) electrons. The standard InChI is InChI=1S/C11H5FN6O/c12-6-1-2-8(14-4-6)10-16-11(19-18-10)7-5-15-17-9(7)3-13/h1-2,4-5H,(H,15,17). The zero-order valence-corrected chi connectivity index (χ0v) is 9.33. The lowest BCUT2D eigenvalue weighted by atomic mass is 10.2. The molecule has 0 amide bonds. The van der Waals surface area contributed by atoms with Crippen LogP contribution in [0.5, 0.6) is 0 Å². The number of pyridine rings is 1. The molecule has 0 aliphatic heterocycles. The first-order valence-corrected chi connectivity index (χ1v) is 5.17. The molecule has 0 fully saturated rings. The van der Waals surface area contributed by atoms with E-state index >= 15 is 0 Å². The van der Waals surface area contributed by atoms with E-state index in [4.69, 9.17) is 9.78 Å². The molecule has 0 bridgehead atoms. The number of hydrogen-bond acceptors (Lipinski definition) is 6. The van der Waals surface area contributed by atoms with E-state index in [-0.39, 0.29) is 17.4 Å². The van der Waals surface area contributed by atoms with E-state index in [2.05, 4.69) is 25.3 Å². The van der Waals surface area contributed by atoms with Crippen molar-refractivity contribution in [3.63, 3.8) is 0 Å². The van der Waals surface area contributed by atoms with Crippen LogP contribution in [-0.2, 0) is 0 Å². The van der Waals surface area contributed by atoms with Crippen LogP contribution < -0.4 is 0 Å². The van der Waals surface area contributed by atoms with Gasteiger partial charge in [-0.2, -0.15) is 15.3 Å². The van der Waals surface area contributed by atoms with Crippen molar-refractivity contribution < 1.29 is 8.91 Å². The van der Waals surface area contributed by atoms with Crippen molar-refractivity contribution in [2.45, 2.75) is 0 Å². The Labute approximate surface area is 105 Å². The number of halogens is 1. The molecule has 3 aromatic rings. The van der Waals surface area contributed by atoms with Crippen molar-refractivity contribution in [2.24, 2.45) is 0 Å². The maximum atomic E-state index is 12.8. The van der Waals surface area contributed by atoms with Gasteiger partial charge in [0, 0.05) is 0 Å². The Morgan fingerprint density at radius 3 is 2.95 bits per heavy atom. The van der Waals surface area contributed by atoms with Crippen molar-refractivity contribution in [3.05, 3.63) is 36.0 Å². The zero-order valence-electron chi connectivity index (χ0n) is 9.33. The molecule has 0 aromatic carbocycles. The lowest BCUT2D eigenvalue weighted by Gasteiger charge is -1.91. The SMILES string of the molecule is N#Cc1[nH]ncc1-c1nc(-c2ccc(F)cn2)no1. The van der Waals surface area contributed by atoms with E-state index in [9.17, 15) is 4.39 Å². The summed E-state index contributed by atoms with van der Waals surface area (Å²) < 4.78 is 17.8. The summed E-state index contributed by atoms with van der Waals surface area (Å²) in [5, 5.41) is 18.8. The average molecular weight is 256 g/mol. The molecule has 1 N–H and O–H groups in total. The first kappa shape index (κ1) is 11.0. The van der Waals surface area contributed by atoms with Crippen molar-refractivity contribution in [1.29, 1.82) is 5.26 Å². The van der Waals surface area contributed by atoms with Crippen LogP contribution in [0.4, 0.5) is 4.39 Å². The van der Waals surface area contributed by atoms with Crippen LogP contribution >= 0.6 is 0 Å². The molecule has 0 saturated carbocycles. The van der Waals surface area contributed by atoms with Gasteiger partial charge in [-0.1, -0.05) is 5.16 Å². The Hall–Kier alpha value is -3.08. The summed E-state index contributed by atoms with van der Waals surface area (Å²) in [6, 6.07) is 4.60. The average Bonchev–Trinajstić information content (AvgIpc) is 3.07. The van der Waals surface area contributed by atoms with E-state index in [1.807, 2.05) is 6.07 Å². The molecule has 8 heteroatoms. The van der Waals surface area contributed by atoms with E-state index in [0.717, 1.165) is 6.20 Å². The summed E-state index contributed by atoms with van der Waals surface area (Å²) in [6.45, 7) is 0. The number of nitrogens with zero attached hydrogens (tertiary/aromatic N) is 5. The first-order valence-electron chi connectivity index (χ1n) is 5.17. The fraction of sp³-hybridized carbons (Fsp3) is 0. The highest BCUT2D eigenvalue weighted by atomic mass is 19.1. The molecule has 19 heavy (non-hydrogen) atoms. The third-order valence-electron chi connectivity index (χ3n) is 2.36. The molecule has 0 spiro atoms. The van der Waals surface area contributed by atoms with Gasteiger partial charge in [-0.15, -0.1) is 0 Å². The number of hydrogen-bond donors (Lipinski definition) is 1. The molecule has 7 nitrogen and oxygen atoms in total. The summed E-state index contributed by atoms with van der Waals surface area (Å²) in [5.41, 5.74) is 1.00. The second-order valence-electron chi connectivity index (χ2n) is 3.56. The van der Waals surface area contributed by atoms with Crippen LogP contribution in [0.1, 0.15) is 5.69 Å². The van der Waals surface area contributed by atoms with Gasteiger partial charge in [-0.05, 0) is 12.1 Å². The number of nitrogens with one attached hydrogen (secondary N) is 1. The maximum Gasteiger partial charge on any atom is 0.262 e. The minimum Gasteiger partial charge on any atom is -0.333 e. The summed E-state index contributed by atoms with van der Waals surface area (Å²) in [7, 11) is 0. The monoisotopic (exact) mass is 256 g/mol. The molecule has 92 valence electrons. The molecular formula is C11H5FN6O. The number of rotatable bonds is 2. The second kappa shape index (κ2) is 4.30.